The average Bonchev–Trinajstić information content (AvgIpc) is 3.71. The molecule has 0 saturated carbocycles. The molecule has 0 saturated heterocycles. The van der Waals surface area contributed by atoms with Gasteiger partial charge in [0, 0.05) is 22.3 Å². The number of aliphatic imine (C=N–C) groups is 2. The fourth-order valence-electron chi connectivity index (χ4n) is 8.16. The molecule has 2 heterocycles. The van der Waals surface area contributed by atoms with Gasteiger partial charge in [-0.1, -0.05) is 96.3 Å². The number of benzene rings is 4. The molecule has 4 aliphatic rings. The first-order valence-corrected chi connectivity index (χ1v) is 19.0. The van der Waals surface area contributed by atoms with E-state index in [2.05, 4.69) is 140 Å². The van der Waals surface area contributed by atoms with Gasteiger partial charge in [-0.05, 0) is 109 Å². The van der Waals surface area contributed by atoms with Crippen LogP contribution in [0.1, 0.15) is 61.1 Å². The van der Waals surface area contributed by atoms with Gasteiger partial charge in [-0.25, -0.2) is 9.98 Å². The molecule has 3 heteroatoms. The van der Waals surface area contributed by atoms with Gasteiger partial charge in [-0.2, -0.15) is 0 Å². The highest BCUT2D eigenvalue weighted by Gasteiger charge is 2.38. The van der Waals surface area contributed by atoms with Crippen molar-refractivity contribution in [1.29, 1.82) is 0 Å². The summed E-state index contributed by atoms with van der Waals surface area (Å²) < 4.78 is 0. The van der Waals surface area contributed by atoms with E-state index in [0.717, 1.165) is 22.8 Å². The van der Waals surface area contributed by atoms with Crippen molar-refractivity contribution >= 4 is 63.5 Å². The largest absolute Gasteiger partial charge is 0.247 e. The minimum atomic E-state index is -2.16. The van der Waals surface area contributed by atoms with Crippen LogP contribution >= 0.6 is 0 Å². The quantitative estimate of drug-likeness (QED) is 0.209. The SMILES string of the molecule is CC1=C(C)C(c2ccccc2)=C2C1=Nc1cc(C)c([Si](C)(C)c3cc4c(cc3C)N=C3C(C)=C(C)C(c5ccccc5)=C34)cc12. The molecule has 0 radical (unpaired) electrons. The zero-order valence-electron chi connectivity index (χ0n) is 27.5. The van der Waals surface area contributed by atoms with E-state index in [0.29, 0.717) is 0 Å². The summed E-state index contributed by atoms with van der Waals surface area (Å²) in [4.78, 5) is 10.4. The van der Waals surface area contributed by atoms with Crippen LogP contribution in [0.25, 0.3) is 22.3 Å². The van der Waals surface area contributed by atoms with Crippen molar-refractivity contribution < 1.29 is 0 Å². The van der Waals surface area contributed by atoms with Gasteiger partial charge in [0.05, 0.1) is 22.8 Å². The third-order valence-electron chi connectivity index (χ3n) is 10.7. The van der Waals surface area contributed by atoms with Crippen molar-refractivity contribution in [2.24, 2.45) is 9.98 Å². The van der Waals surface area contributed by atoms with Crippen molar-refractivity contribution in [3.05, 3.63) is 141 Å². The minimum Gasteiger partial charge on any atom is -0.247 e. The summed E-state index contributed by atoms with van der Waals surface area (Å²) in [5.74, 6) is 0. The number of hydrogen-bond acceptors (Lipinski definition) is 2. The fraction of sp³-hybridized carbons (Fsp3) is 0.190. The molecule has 4 aromatic carbocycles. The second-order valence-corrected chi connectivity index (χ2v) is 18.0. The van der Waals surface area contributed by atoms with Gasteiger partial charge in [0.1, 0.15) is 8.07 Å². The van der Waals surface area contributed by atoms with Gasteiger partial charge in [-0.15, -0.1) is 0 Å². The third-order valence-corrected chi connectivity index (χ3v) is 14.5. The Hall–Kier alpha value is -4.60. The summed E-state index contributed by atoms with van der Waals surface area (Å²) in [5, 5.41) is 2.97. The van der Waals surface area contributed by atoms with Crippen LogP contribution in [-0.2, 0) is 0 Å². The molecule has 0 fully saturated rings. The minimum absolute atomic E-state index is 1.11. The summed E-state index contributed by atoms with van der Waals surface area (Å²) >= 11 is 0. The van der Waals surface area contributed by atoms with Crippen LogP contribution in [0.15, 0.2) is 117 Å². The van der Waals surface area contributed by atoms with Crippen LogP contribution < -0.4 is 10.4 Å². The molecule has 0 aromatic heterocycles. The molecule has 2 aliphatic carbocycles. The number of allylic oxidation sites excluding steroid dienone is 8. The molecule has 0 atom stereocenters. The maximum absolute atomic E-state index is 5.22. The predicted octanol–water partition coefficient (Wildman–Crippen LogP) is 9.82. The monoisotopic (exact) mass is 598 g/mol. The molecular weight excluding hydrogens is 561 g/mol. The van der Waals surface area contributed by atoms with Crippen molar-refractivity contribution in [2.75, 3.05) is 0 Å². The van der Waals surface area contributed by atoms with E-state index in [1.54, 1.807) is 0 Å². The van der Waals surface area contributed by atoms with Gasteiger partial charge in [-0.3, -0.25) is 0 Å². The van der Waals surface area contributed by atoms with Crippen LogP contribution in [0, 0.1) is 13.8 Å². The van der Waals surface area contributed by atoms with E-state index in [4.69, 9.17) is 9.98 Å². The summed E-state index contributed by atoms with van der Waals surface area (Å²) in [5.41, 5.74) is 22.8. The van der Waals surface area contributed by atoms with Gasteiger partial charge in [0.15, 0.2) is 0 Å². The highest BCUT2D eigenvalue weighted by Crippen LogP contribution is 2.50. The maximum Gasteiger partial charge on any atom is 0.112 e. The van der Waals surface area contributed by atoms with Crippen LogP contribution in [0.4, 0.5) is 11.4 Å². The molecule has 2 nitrogen and oxygen atoms in total. The first-order chi connectivity index (χ1) is 21.6. The lowest BCUT2D eigenvalue weighted by molar-refractivity contribution is 1.40. The van der Waals surface area contributed by atoms with Crippen LogP contribution in [0.2, 0.25) is 13.1 Å². The Labute approximate surface area is 268 Å². The van der Waals surface area contributed by atoms with E-state index >= 15 is 0 Å². The molecule has 4 aromatic rings. The van der Waals surface area contributed by atoms with Gasteiger partial charge < -0.3 is 0 Å². The molecule has 0 unspecified atom stereocenters. The first kappa shape index (κ1) is 27.9. The second kappa shape index (κ2) is 9.70. The zero-order valence-corrected chi connectivity index (χ0v) is 28.5. The normalized spacial score (nSPS) is 16.8. The molecule has 0 bridgehead atoms. The van der Waals surface area contributed by atoms with Gasteiger partial charge >= 0.3 is 0 Å². The molecule has 0 spiro atoms. The number of fused-ring (bicyclic) bond motifs is 6. The van der Waals surface area contributed by atoms with Crippen LogP contribution in [-0.4, -0.2) is 19.5 Å². The summed E-state index contributed by atoms with van der Waals surface area (Å²) in [6.07, 6.45) is 0. The number of rotatable bonds is 4. The molecule has 8 rings (SSSR count). The Balaban J connectivity index is 1.29. The van der Waals surface area contributed by atoms with Gasteiger partial charge in [0.2, 0.25) is 0 Å². The first-order valence-electron chi connectivity index (χ1n) is 16.0. The molecule has 220 valence electrons. The maximum atomic E-state index is 5.22. The fourth-order valence-corrected chi connectivity index (χ4v) is 11.6. The van der Waals surface area contributed by atoms with Crippen molar-refractivity contribution in [3.8, 4) is 0 Å². The standard InChI is InChI=1S/C42H38N2Si/c1-23-19-33-31(39-37(29-15-11-9-12-16-29)25(3)27(5)41(39)43-33)21-35(23)45(7,8)36-22-32-34(20-24(36)2)44-42-28(6)26(4)38(40(32)42)30-17-13-10-14-18-30/h9-22H,1-8H3. The number of hydrogen-bond donors (Lipinski definition) is 0. The Morgan fingerprint density at radius 1 is 0.444 bits per heavy atom. The summed E-state index contributed by atoms with van der Waals surface area (Å²) in [7, 11) is -2.16. The highest BCUT2D eigenvalue weighted by molar-refractivity contribution is 7.01. The molecule has 0 amide bonds. The van der Waals surface area contributed by atoms with Gasteiger partial charge in [0.25, 0.3) is 0 Å². The highest BCUT2D eigenvalue weighted by atomic mass is 28.3. The number of aryl methyl sites for hydroxylation is 2. The van der Waals surface area contributed by atoms with E-state index in [-0.39, 0.29) is 0 Å². The molecular formula is C42H38N2Si. The van der Waals surface area contributed by atoms with Crippen molar-refractivity contribution in [1.82, 2.24) is 0 Å². The predicted molar refractivity (Wildman–Crippen MR) is 197 cm³/mol. The summed E-state index contributed by atoms with van der Waals surface area (Å²) in [6.45, 7) is 18.6. The summed E-state index contributed by atoms with van der Waals surface area (Å²) in [6, 6.07) is 31.4. The molecule has 2 aliphatic heterocycles. The van der Waals surface area contributed by atoms with E-state index in [9.17, 15) is 0 Å². The van der Waals surface area contributed by atoms with Crippen LogP contribution in [0.3, 0.4) is 0 Å². The van der Waals surface area contributed by atoms with Crippen molar-refractivity contribution in [3.63, 3.8) is 0 Å². The van der Waals surface area contributed by atoms with Crippen LogP contribution in [0.5, 0.6) is 0 Å². The molecule has 45 heavy (non-hydrogen) atoms. The average molecular weight is 599 g/mol. The third kappa shape index (κ3) is 3.86. The zero-order chi connectivity index (χ0) is 31.4. The Bertz CT molecular complexity index is 2040. The number of nitrogens with zero attached hydrogens (tertiary/aromatic N) is 2. The topological polar surface area (TPSA) is 24.7 Å². The lowest BCUT2D eigenvalue weighted by Crippen LogP contribution is -2.55. The van der Waals surface area contributed by atoms with Crippen molar-refractivity contribution in [2.45, 2.75) is 54.6 Å². The molecule has 0 N–H and O–H groups in total. The smallest absolute Gasteiger partial charge is 0.112 e. The Morgan fingerprint density at radius 2 is 0.822 bits per heavy atom. The van der Waals surface area contributed by atoms with E-state index in [1.165, 1.54) is 88.3 Å². The Morgan fingerprint density at radius 3 is 1.20 bits per heavy atom. The lowest BCUT2D eigenvalue weighted by Gasteiger charge is -2.29. The van der Waals surface area contributed by atoms with E-state index in [1.807, 2.05) is 0 Å². The Kier molecular flexibility index (Phi) is 6.01. The second-order valence-electron chi connectivity index (χ2n) is 13.6. The van der Waals surface area contributed by atoms with E-state index < -0.39 is 8.07 Å². The lowest BCUT2D eigenvalue weighted by atomic mass is 9.93.